The van der Waals surface area contributed by atoms with Gasteiger partial charge in [-0.1, -0.05) is 23.8 Å². The van der Waals surface area contributed by atoms with Crippen molar-refractivity contribution in [3.8, 4) is 0 Å². The van der Waals surface area contributed by atoms with E-state index >= 15 is 0 Å². The zero-order valence-electron chi connectivity index (χ0n) is 11.0. The van der Waals surface area contributed by atoms with Gasteiger partial charge in [0.1, 0.15) is 0 Å². The summed E-state index contributed by atoms with van der Waals surface area (Å²) in [6.45, 7) is 0.989. The van der Waals surface area contributed by atoms with Crippen molar-refractivity contribution in [2.75, 3.05) is 13.1 Å². The van der Waals surface area contributed by atoms with Gasteiger partial charge in [0.15, 0.2) is 11.6 Å². The fourth-order valence-corrected chi connectivity index (χ4v) is 2.48. The maximum Gasteiger partial charge on any atom is 0.163 e. The predicted molar refractivity (Wildman–Crippen MR) is 72.7 cm³/mol. The van der Waals surface area contributed by atoms with Gasteiger partial charge in [-0.25, -0.2) is 8.78 Å². The zero-order valence-corrected chi connectivity index (χ0v) is 11.0. The van der Waals surface area contributed by atoms with Gasteiger partial charge in [0.25, 0.3) is 0 Å². The lowest BCUT2D eigenvalue weighted by Gasteiger charge is -2.18. The van der Waals surface area contributed by atoms with Crippen LogP contribution in [-0.4, -0.2) is 13.1 Å². The van der Waals surface area contributed by atoms with Crippen LogP contribution in [0.4, 0.5) is 8.78 Å². The summed E-state index contributed by atoms with van der Waals surface area (Å²) in [5.41, 5.74) is 7.41. The Bertz CT molecular complexity index is 457. The molecule has 2 nitrogen and oxygen atoms in total. The van der Waals surface area contributed by atoms with Crippen molar-refractivity contribution < 1.29 is 8.78 Å². The normalized spacial score (nSPS) is 16.5. The maximum absolute atomic E-state index is 13.7. The number of allylic oxidation sites excluding steroid dienone is 1. The third kappa shape index (κ3) is 3.61. The second-order valence-corrected chi connectivity index (χ2v) is 4.89. The van der Waals surface area contributed by atoms with E-state index in [1.54, 1.807) is 6.07 Å². The Hall–Kier alpha value is -1.26. The molecule has 0 amide bonds. The molecule has 0 fully saturated rings. The smallest absolute Gasteiger partial charge is 0.163 e. The molecule has 19 heavy (non-hydrogen) atoms. The summed E-state index contributed by atoms with van der Waals surface area (Å²) >= 11 is 0. The minimum absolute atomic E-state index is 0.249. The molecular formula is C15H20F2N2. The van der Waals surface area contributed by atoms with Crippen LogP contribution in [-0.2, 0) is 0 Å². The maximum atomic E-state index is 13.7. The largest absolute Gasteiger partial charge is 0.329 e. The zero-order chi connectivity index (χ0) is 13.7. The minimum Gasteiger partial charge on any atom is -0.329 e. The highest BCUT2D eigenvalue weighted by Crippen LogP contribution is 2.21. The summed E-state index contributed by atoms with van der Waals surface area (Å²) in [5.74, 6) is -1.62. The van der Waals surface area contributed by atoms with Crippen LogP contribution in [0.3, 0.4) is 0 Å². The molecular weight excluding hydrogens is 246 g/mol. The lowest BCUT2D eigenvalue weighted by atomic mass is 10.1. The molecule has 0 saturated carbocycles. The molecule has 0 aromatic heterocycles. The molecule has 1 aromatic carbocycles. The fourth-order valence-electron chi connectivity index (χ4n) is 2.48. The second kappa shape index (κ2) is 6.78. The number of hydrogen-bond acceptors (Lipinski definition) is 2. The lowest BCUT2D eigenvalue weighted by Crippen LogP contribution is -2.30. The number of rotatable bonds is 6. The van der Waals surface area contributed by atoms with Crippen LogP contribution in [0.25, 0.3) is 0 Å². The first-order valence-electron chi connectivity index (χ1n) is 6.77. The Morgan fingerprint density at radius 2 is 2.16 bits per heavy atom. The Balaban J connectivity index is 1.93. The van der Waals surface area contributed by atoms with Crippen molar-refractivity contribution in [1.82, 2.24) is 5.32 Å². The molecule has 0 saturated heterocycles. The first-order chi connectivity index (χ1) is 9.22. The molecule has 104 valence electrons. The van der Waals surface area contributed by atoms with Gasteiger partial charge in [-0.05, 0) is 38.3 Å². The van der Waals surface area contributed by atoms with E-state index in [4.69, 9.17) is 5.73 Å². The van der Waals surface area contributed by atoms with E-state index < -0.39 is 11.6 Å². The molecule has 0 aliphatic heterocycles. The summed E-state index contributed by atoms with van der Waals surface area (Å²) in [4.78, 5) is 0. The first kappa shape index (κ1) is 14.2. The van der Waals surface area contributed by atoms with Gasteiger partial charge in [0.2, 0.25) is 0 Å². The molecule has 0 radical (unpaired) electrons. The van der Waals surface area contributed by atoms with Crippen LogP contribution in [0.1, 0.15) is 37.3 Å². The topological polar surface area (TPSA) is 38.0 Å². The van der Waals surface area contributed by atoms with E-state index in [0.29, 0.717) is 5.56 Å². The lowest BCUT2D eigenvalue weighted by molar-refractivity contribution is 0.464. The number of nitrogens with two attached hydrogens (primary N) is 1. The molecule has 2 rings (SSSR count). The molecule has 0 spiro atoms. The van der Waals surface area contributed by atoms with E-state index in [0.717, 1.165) is 31.9 Å². The highest BCUT2D eigenvalue weighted by molar-refractivity contribution is 5.23. The highest BCUT2D eigenvalue weighted by Gasteiger charge is 2.16. The average molecular weight is 266 g/mol. The molecule has 1 atom stereocenters. The van der Waals surface area contributed by atoms with Gasteiger partial charge in [-0.15, -0.1) is 0 Å². The molecule has 1 aliphatic rings. The summed E-state index contributed by atoms with van der Waals surface area (Å²) < 4.78 is 26.9. The Kier molecular flexibility index (Phi) is 5.05. The summed E-state index contributed by atoms with van der Waals surface area (Å²) in [7, 11) is 0. The van der Waals surface area contributed by atoms with Gasteiger partial charge in [0, 0.05) is 18.2 Å². The van der Waals surface area contributed by atoms with Crippen molar-refractivity contribution >= 4 is 0 Å². The van der Waals surface area contributed by atoms with Gasteiger partial charge in [0.05, 0.1) is 0 Å². The van der Waals surface area contributed by atoms with Crippen LogP contribution in [0.5, 0.6) is 0 Å². The molecule has 1 unspecified atom stereocenters. The summed E-state index contributed by atoms with van der Waals surface area (Å²) in [5, 5.41) is 3.21. The van der Waals surface area contributed by atoms with Gasteiger partial charge >= 0.3 is 0 Å². The number of benzene rings is 1. The fraction of sp³-hybridized carbons (Fsp3) is 0.467. The van der Waals surface area contributed by atoms with Crippen LogP contribution >= 0.6 is 0 Å². The van der Waals surface area contributed by atoms with E-state index in [-0.39, 0.29) is 12.6 Å². The van der Waals surface area contributed by atoms with Crippen LogP contribution in [0, 0.1) is 11.6 Å². The van der Waals surface area contributed by atoms with E-state index in [1.165, 1.54) is 18.1 Å². The predicted octanol–water partition coefficient (Wildman–Crippen LogP) is 3.05. The van der Waals surface area contributed by atoms with Gasteiger partial charge in [-0.3, -0.25) is 0 Å². The Labute approximate surface area is 112 Å². The van der Waals surface area contributed by atoms with Crippen LogP contribution in [0.15, 0.2) is 29.8 Å². The molecule has 1 aromatic rings. The molecule has 0 bridgehead atoms. The average Bonchev–Trinajstić information content (AvgIpc) is 2.92. The first-order valence-corrected chi connectivity index (χ1v) is 6.77. The van der Waals surface area contributed by atoms with E-state index in [9.17, 15) is 8.78 Å². The van der Waals surface area contributed by atoms with Crippen LogP contribution < -0.4 is 11.1 Å². The Morgan fingerprint density at radius 1 is 1.32 bits per heavy atom. The van der Waals surface area contributed by atoms with E-state index in [2.05, 4.69) is 11.4 Å². The van der Waals surface area contributed by atoms with Gasteiger partial charge < -0.3 is 11.1 Å². The van der Waals surface area contributed by atoms with Crippen molar-refractivity contribution in [2.45, 2.75) is 31.7 Å². The SMILES string of the molecule is NCC(NCCC1=CCCC1)c1cccc(F)c1F. The van der Waals surface area contributed by atoms with Crippen molar-refractivity contribution in [3.05, 3.63) is 47.0 Å². The molecule has 0 heterocycles. The number of halogens is 2. The Morgan fingerprint density at radius 3 is 2.84 bits per heavy atom. The highest BCUT2D eigenvalue weighted by atomic mass is 19.2. The molecule has 3 N–H and O–H groups in total. The standard InChI is InChI=1S/C15H20F2N2/c16-13-7-3-6-12(15(13)17)14(10-18)19-9-8-11-4-1-2-5-11/h3-4,6-7,14,19H,1-2,5,8-10,18H2. The molecule has 4 heteroatoms. The summed E-state index contributed by atoms with van der Waals surface area (Å²) in [6.07, 6.45) is 6.76. The van der Waals surface area contributed by atoms with Crippen molar-refractivity contribution in [2.24, 2.45) is 5.73 Å². The third-order valence-electron chi connectivity index (χ3n) is 3.56. The number of hydrogen-bond donors (Lipinski definition) is 2. The van der Waals surface area contributed by atoms with Crippen molar-refractivity contribution in [3.63, 3.8) is 0 Å². The van der Waals surface area contributed by atoms with Crippen LogP contribution in [0.2, 0.25) is 0 Å². The third-order valence-corrected chi connectivity index (χ3v) is 3.56. The van der Waals surface area contributed by atoms with Crippen molar-refractivity contribution in [1.29, 1.82) is 0 Å². The summed E-state index contributed by atoms with van der Waals surface area (Å²) in [6, 6.07) is 3.88. The second-order valence-electron chi connectivity index (χ2n) is 4.89. The number of nitrogens with one attached hydrogen (secondary N) is 1. The minimum atomic E-state index is -0.823. The van der Waals surface area contributed by atoms with E-state index in [1.807, 2.05) is 0 Å². The monoisotopic (exact) mass is 266 g/mol. The van der Waals surface area contributed by atoms with Gasteiger partial charge in [-0.2, -0.15) is 0 Å². The molecule has 1 aliphatic carbocycles. The quantitative estimate of drug-likeness (QED) is 0.777.